The van der Waals surface area contributed by atoms with Crippen LogP contribution in [0.4, 0.5) is 5.69 Å². The fraction of sp³-hybridized carbons (Fsp3) is 0.556. The molecule has 24 heavy (non-hydrogen) atoms. The molecule has 1 N–H and O–H groups in total. The Hall–Kier alpha value is -2.08. The largest absolute Gasteiger partial charge is 0.497 e. The van der Waals surface area contributed by atoms with Crippen molar-refractivity contribution < 1.29 is 14.3 Å². The van der Waals surface area contributed by atoms with Crippen LogP contribution in [0.2, 0.25) is 0 Å². The lowest BCUT2D eigenvalue weighted by Gasteiger charge is -2.18. The highest BCUT2D eigenvalue weighted by molar-refractivity contribution is 6.00. The lowest BCUT2D eigenvalue weighted by molar-refractivity contribution is -0.126. The zero-order valence-corrected chi connectivity index (χ0v) is 14.3. The summed E-state index contributed by atoms with van der Waals surface area (Å²) in [7, 11) is 3.69. The Labute approximate surface area is 142 Å². The number of ether oxygens (including phenoxy) is 1. The number of amides is 2. The smallest absolute Gasteiger partial charge is 0.227 e. The third-order valence-electron chi connectivity index (χ3n) is 4.79. The second-order valence-electron chi connectivity index (χ2n) is 6.61. The first-order valence-electron chi connectivity index (χ1n) is 8.51. The molecule has 1 atom stereocenters. The van der Waals surface area contributed by atoms with E-state index in [0.717, 1.165) is 12.2 Å². The number of hydrogen-bond acceptors (Lipinski definition) is 4. The van der Waals surface area contributed by atoms with E-state index in [1.165, 1.54) is 12.8 Å². The van der Waals surface area contributed by atoms with Crippen molar-refractivity contribution in [3.8, 4) is 5.75 Å². The quantitative estimate of drug-likeness (QED) is 0.817. The number of nitrogens with zero attached hydrogens (tertiary/aromatic N) is 2. The molecule has 130 valence electrons. The van der Waals surface area contributed by atoms with Gasteiger partial charge in [-0.15, -0.1) is 0 Å². The zero-order valence-electron chi connectivity index (χ0n) is 14.3. The number of hydrogen-bond donors (Lipinski definition) is 1. The number of rotatable bonds is 7. The number of anilines is 1. The lowest BCUT2D eigenvalue weighted by Crippen LogP contribution is -2.38. The second-order valence-corrected chi connectivity index (χ2v) is 6.61. The van der Waals surface area contributed by atoms with Gasteiger partial charge in [-0.05, 0) is 32.0 Å². The minimum atomic E-state index is -0.282. The van der Waals surface area contributed by atoms with Gasteiger partial charge in [0.1, 0.15) is 5.75 Å². The molecule has 1 heterocycles. The SMILES string of the molecule is COc1cccc(N2C[C@@H](C(=O)NCCN(C)C3CC3)CC2=O)c1. The standard InChI is InChI=1S/C18H25N3O3/c1-20(14-6-7-14)9-8-19-18(23)13-10-17(22)21(12-13)15-4-3-5-16(11-15)24-2/h3-5,11,13-14H,6-10,12H2,1-2H3,(H,19,23)/t13-/m0/s1. The van der Waals surface area contributed by atoms with Gasteiger partial charge >= 0.3 is 0 Å². The number of nitrogens with one attached hydrogen (secondary N) is 1. The van der Waals surface area contributed by atoms with Gasteiger partial charge in [0.2, 0.25) is 11.8 Å². The van der Waals surface area contributed by atoms with Crippen molar-refractivity contribution in [2.75, 3.05) is 38.7 Å². The number of carbonyl (C=O) groups is 2. The van der Waals surface area contributed by atoms with E-state index in [4.69, 9.17) is 4.74 Å². The molecule has 0 unspecified atom stereocenters. The molecule has 1 saturated heterocycles. The highest BCUT2D eigenvalue weighted by Crippen LogP contribution is 2.28. The van der Waals surface area contributed by atoms with Crippen molar-refractivity contribution in [3.63, 3.8) is 0 Å². The van der Waals surface area contributed by atoms with Crippen LogP contribution in [0.15, 0.2) is 24.3 Å². The van der Waals surface area contributed by atoms with E-state index < -0.39 is 0 Å². The fourth-order valence-corrected chi connectivity index (χ4v) is 3.11. The molecule has 1 aliphatic carbocycles. The normalized spacial score (nSPS) is 20.5. The maximum absolute atomic E-state index is 12.3. The van der Waals surface area contributed by atoms with Crippen molar-refractivity contribution in [2.45, 2.75) is 25.3 Å². The van der Waals surface area contributed by atoms with Crippen LogP contribution in [0, 0.1) is 5.92 Å². The van der Waals surface area contributed by atoms with Crippen LogP contribution in [-0.2, 0) is 9.59 Å². The van der Waals surface area contributed by atoms with Crippen LogP contribution < -0.4 is 15.0 Å². The Morgan fingerprint density at radius 2 is 2.21 bits per heavy atom. The monoisotopic (exact) mass is 331 g/mol. The maximum Gasteiger partial charge on any atom is 0.227 e. The van der Waals surface area contributed by atoms with E-state index in [0.29, 0.717) is 24.9 Å². The average molecular weight is 331 g/mol. The highest BCUT2D eigenvalue weighted by Gasteiger charge is 2.35. The molecule has 1 aromatic carbocycles. The predicted molar refractivity (Wildman–Crippen MR) is 92.1 cm³/mol. The van der Waals surface area contributed by atoms with Crippen molar-refractivity contribution in [2.24, 2.45) is 5.92 Å². The molecule has 2 amide bonds. The molecule has 0 aromatic heterocycles. The van der Waals surface area contributed by atoms with Crippen LogP contribution in [0.1, 0.15) is 19.3 Å². The molecular weight excluding hydrogens is 306 g/mol. The highest BCUT2D eigenvalue weighted by atomic mass is 16.5. The van der Waals surface area contributed by atoms with Crippen LogP contribution in [0.25, 0.3) is 0 Å². The third-order valence-corrected chi connectivity index (χ3v) is 4.79. The van der Waals surface area contributed by atoms with E-state index in [-0.39, 0.29) is 24.2 Å². The summed E-state index contributed by atoms with van der Waals surface area (Å²) in [5.41, 5.74) is 0.781. The van der Waals surface area contributed by atoms with Gasteiger partial charge in [-0.3, -0.25) is 9.59 Å². The molecule has 2 fully saturated rings. The van der Waals surface area contributed by atoms with Crippen LogP contribution in [0.5, 0.6) is 5.75 Å². The molecule has 1 saturated carbocycles. The van der Waals surface area contributed by atoms with E-state index in [9.17, 15) is 9.59 Å². The summed E-state index contributed by atoms with van der Waals surface area (Å²) in [6, 6.07) is 8.07. The van der Waals surface area contributed by atoms with Crippen molar-refractivity contribution in [1.82, 2.24) is 10.2 Å². The molecule has 0 spiro atoms. The summed E-state index contributed by atoms with van der Waals surface area (Å²) in [5.74, 6) is 0.377. The third kappa shape index (κ3) is 3.87. The lowest BCUT2D eigenvalue weighted by atomic mass is 10.1. The Morgan fingerprint density at radius 3 is 2.92 bits per heavy atom. The fourth-order valence-electron chi connectivity index (χ4n) is 3.11. The van der Waals surface area contributed by atoms with Gasteiger partial charge in [-0.25, -0.2) is 0 Å². The molecule has 1 aliphatic heterocycles. The molecule has 6 heteroatoms. The Balaban J connectivity index is 1.52. The molecule has 0 radical (unpaired) electrons. The van der Waals surface area contributed by atoms with Gasteiger partial charge < -0.3 is 19.9 Å². The first-order valence-corrected chi connectivity index (χ1v) is 8.51. The van der Waals surface area contributed by atoms with Gasteiger partial charge in [-0.2, -0.15) is 0 Å². The molecular formula is C18H25N3O3. The molecule has 6 nitrogen and oxygen atoms in total. The first-order chi connectivity index (χ1) is 11.6. The van der Waals surface area contributed by atoms with Crippen molar-refractivity contribution in [3.05, 3.63) is 24.3 Å². The Bertz CT molecular complexity index is 615. The maximum atomic E-state index is 12.3. The summed E-state index contributed by atoms with van der Waals surface area (Å²) in [5, 5.41) is 2.97. The summed E-state index contributed by atoms with van der Waals surface area (Å²) < 4.78 is 5.20. The molecule has 0 bridgehead atoms. The molecule has 3 rings (SSSR count). The van der Waals surface area contributed by atoms with Gasteiger partial charge in [0.15, 0.2) is 0 Å². The van der Waals surface area contributed by atoms with Gasteiger partial charge in [0.25, 0.3) is 0 Å². The predicted octanol–water partition coefficient (Wildman–Crippen LogP) is 1.26. The minimum absolute atomic E-state index is 0.0153. The number of benzene rings is 1. The summed E-state index contributed by atoms with van der Waals surface area (Å²) >= 11 is 0. The molecule has 2 aliphatic rings. The van der Waals surface area contributed by atoms with E-state index in [1.807, 2.05) is 24.3 Å². The van der Waals surface area contributed by atoms with E-state index in [1.54, 1.807) is 12.0 Å². The van der Waals surface area contributed by atoms with Crippen molar-refractivity contribution in [1.29, 1.82) is 0 Å². The number of methoxy groups -OCH3 is 1. The number of carbonyl (C=O) groups excluding carboxylic acids is 2. The van der Waals surface area contributed by atoms with Gasteiger partial charge in [0.05, 0.1) is 13.0 Å². The van der Waals surface area contributed by atoms with Crippen molar-refractivity contribution >= 4 is 17.5 Å². The van der Waals surface area contributed by atoms with Crippen LogP contribution in [0.3, 0.4) is 0 Å². The summed E-state index contributed by atoms with van der Waals surface area (Å²) in [6.07, 6.45) is 2.79. The van der Waals surface area contributed by atoms with Crippen LogP contribution >= 0.6 is 0 Å². The topological polar surface area (TPSA) is 61.9 Å². The summed E-state index contributed by atoms with van der Waals surface area (Å²) in [4.78, 5) is 28.5. The Kier molecular flexibility index (Phi) is 5.04. The Morgan fingerprint density at radius 1 is 1.42 bits per heavy atom. The van der Waals surface area contributed by atoms with Crippen LogP contribution in [-0.4, -0.2) is 56.5 Å². The van der Waals surface area contributed by atoms with Gasteiger partial charge in [0, 0.05) is 43.9 Å². The van der Waals surface area contributed by atoms with E-state index in [2.05, 4.69) is 17.3 Å². The minimum Gasteiger partial charge on any atom is -0.497 e. The first kappa shape index (κ1) is 16.8. The molecule has 1 aromatic rings. The van der Waals surface area contributed by atoms with Gasteiger partial charge in [-0.1, -0.05) is 6.07 Å². The number of likely N-dealkylation sites (N-methyl/N-ethyl adjacent to an activating group) is 1. The average Bonchev–Trinajstić information content (AvgIpc) is 3.37. The second kappa shape index (κ2) is 7.21. The summed E-state index contributed by atoms with van der Waals surface area (Å²) in [6.45, 7) is 1.92. The zero-order chi connectivity index (χ0) is 17.1. The van der Waals surface area contributed by atoms with E-state index >= 15 is 0 Å².